The molecule has 0 amide bonds. The summed E-state index contributed by atoms with van der Waals surface area (Å²) in [6.45, 7) is 0. The van der Waals surface area contributed by atoms with Gasteiger partial charge in [-0.05, 0) is 36.4 Å². The third-order valence-electron chi connectivity index (χ3n) is 2.50. The zero-order valence-corrected chi connectivity index (χ0v) is 12.8. The van der Waals surface area contributed by atoms with Crippen molar-refractivity contribution < 1.29 is 13.3 Å². The first-order valence-corrected chi connectivity index (χ1v) is 8.26. The van der Waals surface area contributed by atoms with Gasteiger partial charge in [0.25, 0.3) is 5.69 Å². The van der Waals surface area contributed by atoms with Crippen LogP contribution in [0.5, 0.6) is 0 Å². The lowest BCUT2D eigenvalue weighted by atomic mass is 10.3. The van der Waals surface area contributed by atoms with Gasteiger partial charge in [-0.3, -0.25) is 10.1 Å². The smallest absolute Gasteiger partial charge is 0.258 e. The fourth-order valence-electron chi connectivity index (χ4n) is 1.53. The number of benzene rings is 2. The minimum atomic E-state index is -3.99. The normalized spacial score (nSPS) is 11.3. The van der Waals surface area contributed by atoms with Crippen LogP contribution in [0.1, 0.15) is 0 Å². The van der Waals surface area contributed by atoms with E-state index in [0.29, 0.717) is 9.92 Å². The molecule has 0 atom stereocenters. The van der Waals surface area contributed by atoms with E-state index < -0.39 is 14.9 Å². The molecule has 0 aliphatic rings. The highest BCUT2D eigenvalue weighted by Gasteiger charge is 2.19. The van der Waals surface area contributed by atoms with Crippen LogP contribution >= 0.6 is 23.4 Å². The Morgan fingerprint density at radius 1 is 1.14 bits per heavy atom. The van der Waals surface area contributed by atoms with Crippen LogP contribution in [0.3, 0.4) is 0 Å². The maximum absolute atomic E-state index is 11.2. The van der Waals surface area contributed by atoms with E-state index in [9.17, 15) is 18.5 Å². The molecule has 0 fully saturated rings. The molecule has 9 heteroatoms. The summed E-state index contributed by atoms with van der Waals surface area (Å²) >= 11 is 6.90. The molecule has 21 heavy (non-hydrogen) atoms. The summed E-state index contributed by atoms with van der Waals surface area (Å²) in [5, 5.41) is 16.6. The Hall–Kier alpha value is -1.61. The molecule has 0 bridgehead atoms. The number of nitrogens with zero attached hydrogens (tertiary/aromatic N) is 1. The quantitative estimate of drug-likeness (QED) is 0.678. The number of primary sulfonamides is 1. The molecule has 2 aromatic rings. The predicted molar refractivity (Wildman–Crippen MR) is 80.0 cm³/mol. The van der Waals surface area contributed by atoms with E-state index in [-0.39, 0.29) is 10.6 Å². The van der Waals surface area contributed by atoms with E-state index in [1.165, 1.54) is 12.1 Å². The summed E-state index contributed by atoms with van der Waals surface area (Å²) in [6.07, 6.45) is 0. The van der Waals surface area contributed by atoms with E-state index in [0.717, 1.165) is 22.7 Å². The summed E-state index contributed by atoms with van der Waals surface area (Å²) in [7, 11) is -3.99. The van der Waals surface area contributed by atoms with E-state index in [1.54, 1.807) is 24.3 Å². The second-order valence-corrected chi connectivity index (χ2v) is 7.10. The lowest BCUT2D eigenvalue weighted by Gasteiger charge is -2.05. The Kier molecular flexibility index (Phi) is 4.52. The van der Waals surface area contributed by atoms with Gasteiger partial charge in [0, 0.05) is 16.0 Å². The van der Waals surface area contributed by atoms with Crippen molar-refractivity contribution in [1.82, 2.24) is 0 Å². The standard InChI is InChI=1S/C12H9ClN2O4S2/c13-8-1-3-9(4-2-8)20-12-6-5-10(21(14,18)19)7-11(12)15(16)17/h1-7H,(H2,14,18,19). The average Bonchev–Trinajstić information content (AvgIpc) is 2.40. The van der Waals surface area contributed by atoms with E-state index in [1.807, 2.05) is 0 Å². The van der Waals surface area contributed by atoms with Crippen LogP contribution in [-0.2, 0) is 10.0 Å². The van der Waals surface area contributed by atoms with Gasteiger partial charge in [0.1, 0.15) is 0 Å². The first-order chi connectivity index (χ1) is 9.77. The van der Waals surface area contributed by atoms with Gasteiger partial charge < -0.3 is 0 Å². The summed E-state index contributed by atoms with van der Waals surface area (Å²) in [5.41, 5.74) is -0.318. The molecular formula is C12H9ClN2O4S2. The maximum Gasteiger partial charge on any atom is 0.284 e. The van der Waals surface area contributed by atoms with Gasteiger partial charge in [0.2, 0.25) is 10.0 Å². The van der Waals surface area contributed by atoms with E-state index in [2.05, 4.69) is 0 Å². The highest BCUT2D eigenvalue weighted by molar-refractivity contribution is 7.99. The SMILES string of the molecule is NS(=O)(=O)c1ccc(Sc2ccc(Cl)cc2)c([N+](=O)[O-])c1. The van der Waals surface area contributed by atoms with Crippen LogP contribution in [-0.4, -0.2) is 13.3 Å². The van der Waals surface area contributed by atoms with Crippen LogP contribution < -0.4 is 5.14 Å². The van der Waals surface area contributed by atoms with Gasteiger partial charge >= 0.3 is 0 Å². The van der Waals surface area contributed by atoms with Gasteiger partial charge in [0.05, 0.1) is 14.7 Å². The van der Waals surface area contributed by atoms with Crippen LogP contribution in [0.2, 0.25) is 5.02 Å². The van der Waals surface area contributed by atoms with Crippen molar-refractivity contribution >= 4 is 39.1 Å². The third-order valence-corrected chi connectivity index (χ3v) is 4.73. The summed E-state index contributed by atoms with van der Waals surface area (Å²) < 4.78 is 22.5. The lowest BCUT2D eigenvalue weighted by molar-refractivity contribution is -0.388. The largest absolute Gasteiger partial charge is 0.284 e. The second-order valence-electron chi connectivity index (χ2n) is 3.99. The average molecular weight is 345 g/mol. The summed E-state index contributed by atoms with van der Waals surface area (Å²) in [4.78, 5) is 11.2. The molecule has 2 N–H and O–H groups in total. The fourth-order valence-corrected chi connectivity index (χ4v) is 3.09. The Bertz CT molecular complexity index is 791. The number of sulfonamides is 1. The topological polar surface area (TPSA) is 103 Å². The van der Waals surface area contributed by atoms with E-state index >= 15 is 0 Å². The van der Waals surface area contributed by atoms with Gasteiger partial charge in [0.15, 0.2) is 0 Å². The van der Waals surface area contributed by atoms with Crippen molar-refractivity contribution in [1.29, 1.82) is 0 Å². The second kappa shape index (κ2) is 6.02. The van der Waals surface area contributed by atoms with Crippen molar-refractivity contribution in [2.45, 2.75) is 14.7 Å². The molecule has 0 aromatic heterocycles. The Balaban J connectivity index is 2.44. The van der Waals surface area contributed by atoms with Crippen molar-refractivity contribution in [3.05, 3.63) is 57.6 Å². The highest BCUT2D eigenvalue weighted by Crippen LogP contribution is 2.36. The number of hydrogen-bond donors (Lipinski definition) is 1. The molecule has 0 saturated heterocycles. The monoisotopic (exact) mass is 344 g/mol. The molecule has 110 valence electrons. The van der Waals surface area contributed by atoms with Crippen LogP contribution in [0.4, 0.5) is 5.69 Å². The Morgan fingerprint density at radius 2 is 1.76 bits per heavy atom. The zero-order valence-electron chi connectivity index (χ0n) is 10.4. The van der Waals surface area contributed by atoms with Crippen LogP contribution in [0.25, 0.3) is 0 Å². The molecule has 0 saturated carbocycles. The predicted octanol–water partition coefficient (Wildman–Crippen LogP) is 3.05. The summed E-state index contributed by atoms with van der Waals surface area (Å²) in [6, 6.07) is 10.3. The number of nitrogens with two attached hydrogens (primary N) is 1. The van der Waals surface area contributed by atoms with Crippen LogP contribution in [0.15, 0.2) is 57.2 Å². The van der Waals surface area contributed by atoms with Crippen molar-refractivity contribution in [2.75, 3.05) is 0 Å². The zero-order chi connectivity index (χ0) is 15.6. The lowest BCUT2D eigenvalue weighted by Crippen LogP contribution is -2.12. The van der Waals surface area contributed by atoms with Gasteiger partial charge in [-0.2, -0.15) is 0 Å². The van der Waals surface area contributed by atoms with Crippen molar-refractivity contribution in [3.63, 3.8) is 0 Å². The number of rotatable bonds is 4. The summed E-state index contributed by atoms with van der Waals surface area (Å²) in [5.74, 6) is 0. The first kappa shape index (κ1) is 15.8. The molecule has 6 nitrogen and oxygen atoms in total. The molecule has 0 heterocycles. The number of halogens is 1. The third kappa shape index (κ3) is 3.94. The minimum Gasteiger partial charge on any atom is -0.258 e. The minimum absolute atomic E-state index is 0.297. The molecule has 0 unspecified atom stereocenters. The fraction of sp³-hybridized carbons (Fsp3) is 0. The molecule has 2 aromatic carbocycles. The molecule has 0 aliphatic heterocycles. The molecule has 2 rings (SSSR count). The molecule has 0 radical (unpaired) electrons. The van der Waals surface area contributed by atoms with Crippen molar-refractivity contribution in [3.8, 4) is 0 Å². The first-order valence-electron chi connectivity index (χ1n) is 5.52. The maximum atomic E-state index is 11.2. The van der Waals surface area contributed by atoms with E-state index in [4.69, 9.17) is 16.7 Å². The van der Waals surface area contributed by atoms with Crippen LogP contribution in [0, 0.1) is 10.1 Å². The Labute approximate surface area is 130 Å². The number of hydrogen-bond acceptors (Lipinski definition) is 5. The van der Waals surface area contributed by atoms with Gasteiger partial charge in [-0.25, -0.2) is 13.6 Å². The van der Waals surface area contributed by atoms with Gasteiger partial charge in [-0.15, -0.1) is 0 Å². The highest BCUT2D eigenvalue weighted by atomic mass is 35.5. The van der Waals surface area contributed by atoms with Crippen molar-refractivity contribution in [2.24, 2.45) is 5.14 Å². The molecule has 0 spiro atoms. The molecule has 0 aliphatic carbocycles. The number of nitro benzene ring substituents is 1. The molecular weight excluding hydrogens is 336 g/mol. The van der Waals surface area contributed by atoms with Gasteiger partial charge in [-0.1, -0.05) is 23.4 Å². The number of nitro groups is 1. The Morgan fingerprint density at radius 3 is 2.29 bits per heavy atom.